The summed E-state index contributed by atoms with van der Waals surface area (Å²) in [6.07, 6.45) is -0.177. The number of halogens is 3. The van der Waals surface area contributed by atoms with E-state index in [-0.39, 0.29) is 11.7 Å². The largest absolute Gasteiger partial charge is 0.573 e. The van der Waals surface area contributed by atoms with Crippen molar-refractivity contribution < 1.29 is 17.9 Å². The van der Waals surface area contributed by atoms with Crippen LogP contribution in [0.5, 0.6) is 5.75 Å². The van der Waals surface area contributed by atoms with E-state index in [1.54, 1.807) is 6.08 Å². The second kappa shape index (κ2) is 7.73. The lowest BCUT2D eigenvalue weighted by molar-refractivity contribution is -0.274. The molecule has 1 unspecified atom stereocenters. The summed E-state index contributed by atoms with van der Waals surface area (Å²) in [4.78, 5) is 0. The molecule has 0 bridgehead atoms. The molecule has 0 aliphatic rings. The third-order valence-corrected chi connectivity index (χ3v) is 3.10. The van der Waals surface area contributed by atoms with Crippen molar-refractivity contribution in [1.82, 2.24) is 0 Å². The number of alkyl halides is 3. The Morgan fingerprint density at radius 2 is 1.91 bits per heavy atom. The van der Waals surface area contributed by atoms with Gasteiger partial charge in [-0.3, -0.25) is 0 Å². The molecule has 5 heteroatoms. The zero-order chi connectivity index (χ0) is 16.8. The fraction of sp³-hybridized carbons (Fsp3) is 0.294. The number of allylic oxidation sites excluding steroid dienone is 4. The summed E-state index contributed by atoms with van der Waals surface area (Å²) in [7, 11) is 0. The number of hydrogen-bond acceptors (Lipinski definition) is 2. The minimum absolute atomic E-state index is 0.250. The molecule has 0 aromatic heterocycles. The standard InChI is InChI=1S/C17H20F3NO/c1-5-14(6-2)12(3)11-13(4)21-15-7-9-16(10-8-15)22-17(18,19)20/h5-10,12,21H,1,4,11H2,2-3H3/b14-6+. The smallest absolute Gasteiger partial charge is 0.406 e. The zero-order valence-corrected chi connectivity index (χ0v) is 12.7. The maximum absolute atomic E-state index is 12.1. The Hall–Kier alpha value is -2.17. The molecule has 0 heterocycles. The Morgan fingerprint density at radius 1 is 1.32 bits per heavy atom. The summed E-state index contributed by atoms with van der Waals surface area (Å²) < 4.78 is 40.0. The van der Waals surface area contributed by atoms with Crippen molar-refractivity contribution in [3.63, 3.8) is 0 Å². The number of ether oxygens (including phenoxy) is 1. The van der Waals surface area contributed by atoms with Gasteiger partial charge in [0.1, 0.15) is 5.75 Å². The van der Waals surface area contributed by atoms with E-state index in [4.69, 9.17) is 0 Å². The average molecular weight is 311 g/mol. The van der Waals surface area contributed by atoms with Gasteiger partial charge in [0.05, 0.1) is 0 Å². The van der Waals surface area contributed by atoms with E-state index in [9.17, 15) is 13.2 Å². The summed E-state index contributed by atoms with van der Waals surface area (Å²) in [5.74, 6) is 0.00947. The van der Waals surface area contributed by atoms with Crippen molar-refractivity contribution >= 4 is 5.69 Å². The van der Waals surface area contributed by atoms with Crippen LogP contribution in [0.3, 0.4) is 0 Å². The Bertz CT molecular complexity index is 544. The molecule has 1 rings (SSSR count). The molecule has 1 N–H and O–H groups in total. The average Bonchev–Trinajstić information content (AvgIpc) is 2.40. The van der Waals surface area contributed by atoms with Crippen molar-refractivity contribution in [3.8, 4) is 5.75 Å². The van der Waals surface area contributed by atoms with Crippen LogP contribution < -0.4 is 10.1 Å². The first-order valence-electron chi connectivity index (χ1n) is 6.84. The maximum Gasteiger partial charge on any atom is 0.573 e. The van der Waals surface area contributed by atoms with Gasteiger partial charge in [0, 0.05) is 11.4 Å². The van der Waals surface area contributed by atoms with Gasteiger partial charge < -0.3 is 10.1 Å². The number of anilines is 1. The van der Waals surface area contributed by atoms with Crippen LogP contribution in [-0.4, -0.2) is 6.36 Å². The minimum atomic E-state index is -4.68. The van der Waals surface area contributed by atoms with Gasteiger partial charge in [-0.05, 0) is 49.1 Å². The topological polar surface area (TPSA) is 21.3 Å². The molecule has 2 nitrogen and oxygen atoms in total. The zero-order valence-electron chi connectivity index (χ0n) is 12.7. The number of benzene rings is 1. The second-order valence-electron chi connectivity index (χ2n) is 4.90. The highest BCUT2D eigenvalue weighted by molar-refractivity contribution is 5.50. The van der Waals surface area contributed by atoms with Gasteiger partial charge in [-0.25, -0.2) is 0 Å². The highest BCUT2D eigenvalue weighted by Crippen LogP contribution is 2.25. The van der Waals surface area contributed by atoms with Crippen molar-refractivity contribution in [2.45, 2.75) is 26.6 Å². The van der Waals surface area contributed by atoms with E-state index < -0.39 is 6.36 Å². The third kappa shape index (κ3) is 6.08. The first kappa shape index (κ1) is 17.9. The van der Waals surface area contributed by atoms with Gasteiger partial charge >= 0.3 is 6.36 Å². The summed E-state index contributed by atoms with van der Waals surface area (Å²) >= 11 is 0. The molecule has 1 aromatic carbocycles. The number of rotatable bonds is 7. The molecule has 1 aromatic rings. The van der Waals surface area contributed by atoms with Gasteiger partial charge in [-0.1, -0.05) is 32.2 Å². The van der Waals surface area contributed by atoms with Gasteiger partial charge in [0.2, 0.25) is 0 Å². The van der Waals surface area contributed by atoms with Crippen LogP contribution in [0.4, 0.5) is 18.9 Å². The van der Waals surface area contributed by atoms with Crippen molar-refractivity contribution in [2.75, 3.05) is 5.32 Å². The van der Waals surface area contributed by atoms with Crippen LogP contribution in [0.25, 0.3) is 0 Å². The van der Waals surface area contributed by atoms with Crippen LogP contribution in [0.15, 0.2) is 60.8 Å². The molecular formula is C17H20F3NO. The predicted molar refractivity (Wildman–Crippen MR) is 83.6 cm³/mol. The molecule has 0 saturated carbocycles. The lowest BCUT2D eigenvalue weighted by Crippen LogP contribution is -2.17. The van der Waals surface area contributed by atoms with Crippen molar-refractivity contribution in [2.24, 2.45) is 5.92 Å². The Kier molecular flexibility index (Phi) is 6.28. The SMILES string of the molecule is C=C/C(=C\C)C(C)CC(=C)Nc1ccc(OC(F)(F)F)cc1. The van der Waals surface area contributed by atoms with Crippen LogP contribution in [0.2, 0.25) is 0 Å². The van der Waals surface area contributed by atoms with Crippen LogP contribution in [-0.2, 0) is 0 Å². The molecule has 0 fully saturated rings. The normalized spacial score (nSPS) is 13.4. The molecule has 0 aliphatic heterocycles. The molecule has 0 radical (unpaired) electrons. The summed E-state index contributed by atoms with van der Waals surface area (Å²) in [5, 5.41) is 3.07. The van der Waals surface area contributed by atoms with Crippen LogP contribution in [0.1, 0.15) is 20.3 Å². The number of nitrogens with one attached hydrogen (secondary N) is 1. The Labute approximate surface area is 129 Å². The van der Waals surface area contributed by atoms with Crippen molar-refractivity contribution in [1.29, 1.82) is 0 Å². The first-order chi connectivity index (χ1) is 10.2. The van der Waals surface area contributed by atoms with Gasteiger partial charge in [-0.2, -0.15) is 0 Å². The molecule has 0 saturated heterocycles. The fourth-order valence-electron chi connectivity index (χ4n) is 2.09. The highest BCUT2D eigenvalue weighted by atomic mass is 19.4. The van der Waals surface area contributed by atoms with Gasteiger partial charge in [-0.15, -0.1) is 13.2 Å². The van der Waals surface area contributed by atoms with E-state index in [2.05, 4.69) is 30.1 Å². The molecular weight excluding hydrogens is 291 g/mol. The summed E-state index contributed by atoms with van der Waals surface area (Å²) in [6.45, 7) is 11.7. The second-order valence-corrected chi connectivity index (χ2v) is 4.90. The quantitative estimate of drug-likeness (QED) is 0.655. The lowest BCUT2D eigenvalue weighted by Gasteiger charge is -2.16. The molecule has 1 atom stereocenters. The summed E-state index contributed by atoms with van der Waals surface area (Å²) in [5.41, 5.74) is 2.56. The predicted octanol–water partition coefficient (Wildman–Crippen LogP) is 5.67. The van der Waals surface area contributed by atoms with Crippen molar-refractivity contribution in [3.05, 3.63) is 60.8 Å². The van der Waals surface area contributed by atoms with E-state index >= 15 is 0 Å². The number of hydrogen-bond donors (Lipinski definition) is 1. The fourth-order valence-corrected chi connectivity index (χ4v) is 2.09. The molecule has 120 valence electrons. The van der Waals surface area contributed by atoms with E-state index in [0.717, 1.165) is 11.3 Å². The summed E-state index contributed by atoms with van der Waals surface area (Å²) in [6, 6.07) is 5.54. The third-order valence-electron chi connectivity index (χ3n) is 3.10. The monoisotopic (exact) mass is 311 g/mol. The van der Waals surface area contributed by atoms with Crippen LogP contribution >= 0.6 is 0 Å². The minimum Gasteiger partial charge on any atom is -0.406 e. The van der Waals surface area contributed by atoms with Gasteiger partial charge in [0.25, 0.3) is 0 Å². The van der Waals surface area contributed by atoms with Crippen LogP contribution in [0, 0.1) is 5.92 Å². The molecule has 22 heavy (non-hydrogen) atoms. The Morgan fingerprint density at radius 3 is 2.36 bits per heavy atom. The van der Waals surface area contributed by atoms with E-state index in [0.29, 0.717) is 12.1 Å². The van der Waals surface area contributed by atoms with E-state index in [1.807, 2.05) is 13.0 Å². The molecule has 0 amide bonds. The van der Waals surface area contributed by atoms with Gasteiger partial charge in [0.15, 0.2) is 0 Å². The highest BCUT2D eigenvalue weighted by Gasteiger charge is 2.30. The van der Waals surface area contributed by atoms with E-state index in [1.165, 1.54) is 24.3 Å². The Balaban J connectivity index is 2.60. The molecule has 0 spiro atoms. The lowest BCUT2D eigenvalue weighted by atomic mass is 9.96. The molecule has 0 aliphatic carbocycles. The first-order valence-corrected chi connectivity index (χ1v) is 6.84. The maximum atomic E-state index is 12.1.